The van der Waals surface area contributed by atoms with E-state index < -0.39 is 0 Å². The molecule has 0 aromatic carbocycles. The summed E-state index contributed by atoms with van der Waals surface area (Å²) in [5, 5.41) is 0. The third-order valence-electron chi connectivity index (χ3n) is 6.55. The second-order valence-corrected chi connectivity index (χ2v) is 7.35. The van der Waals surface area contributed by atoms with E-state index in [1.54, 1.807) is 32.1 Å². The Balaban J connectivity index is 1.67. The molecule has 0 aromatic heterocycles. The molecule has 0 N–H and O–H groups in total. The molecule has 0 aromatic rings. The summed E-state index contributed by atoms with van der Waals surface area (Å²) in [6, 6.07) is 0. The molecule has 17 heavy (non-hydrogen) atoms. The van der Waals surface area contributed by atoms with Crippen LogP contribution in [0.4, 0.5) is 0 Å². The van der Waals surface area contributed by atoms with Crippen LogP contribution in [0, 0.1) is 35.5 Å². The maximum atomic E-state index is 2.52. The van der Waals surface area contributed by atoms with Gasteiger partial charge in [0.2, 0.25) is 0 Å². The molecule has 5 unspecified atom stereocenters. The smallest absolute Gasteiger partial charge is 0.0349 e. The molecule has 3 saturated carbocycles. The Morgan fingerprint density at radius 2 is 1.65 bits per heavy atom. The van der Waals surface area contributed by atoms with Gasteiger partial charge in [0.1, 0.15) is 0 Å². The predicted molar refractivity (Wildman–Crippen MR) is 73.8 cm³/mol. The van der Waals surface area contributed by atoms with Crippen molar-refractivity contribution >= 4 is 0 Å². The van der Waals surface area contributed by atoms with Gasteiger partial charge in [-0.25, -0.2) is 0 Å². The zero-order valence-electron chi connectivity index (χ0n) is 11.8. The predicted octanol–water partition coefficient (Wildman–Crippen LogP) is 5.28. The first-order valence-corrected chi connectivity index (χ1v) is 8.29. The first-order valence-electron chi connectivity index (χ1n) is 8.29. The van der Waals surface area contributed by atoms with Crippen molar-refractivity contribution in [2.75, 3.05) is 0 Å². The maximum Gasteiger partial charge on any atom is -0.0349 e. The van der Waals surface area contributed by atoms with Crippen molar-refractivity contribution in [1.29, 1.82) is 0 Å². The highest BCUT2D eigenvalue weighted by molar-refractivity contribution is 4.99. The molecular weight excluding hydrogens is 204 g/mol. The first kappa shape index (κ1) is 12.1. The highest BCUT2D eigenvalue weighted by Gasteiger charge is 2.49. The Bertz CT molecular complexity index is 251. The van der Waals surface area contributed by atoms with Crippen molar-refractivity contribution in [3.05, 3.63) is 0 Å². The van der Waals surface area contributed by atoms with Crippen molar-refractivity contribution in [3.8, 4) is 0 Å². The lowest BCUT2D eigenvalue weighted by atomic mass is 9.67. The van der Waals surface area contributed by atoms with E-state index in [0.29, 0.717) is 0 Å². The van der Waals surface area contributed by atoms with Crippen LogP contribution in [0.3, 0.4) is 0 Å². The van der Waals surface area contributed by atoms with Gasteiger partial charge in [-0.1, -0.05) is 52.4 Å². The van der Waals surface area contributed by atoms with Crippen LogP contribution in [0.2, 0.25) is 0 Å². The molecule has 3 aliphatic rings. The molecule has 0 saturated heterocycles. The molecule has 3 fully saturated rings. The van der Waals surface area contributed by atoms with E-state index in [0.717, 1.165) is 35.5 Å². The third-order valence-corrected chi connectivity index (χ3v) is 6.55. The van der Waals surface area contributed by atoms with Crippen LogP contribution in [0.5, 0.6) is 0 Å². The summed E-state index contributed by atoms with van der Waals surface area (Å²) >= 11 is 0. The number of hydrogen-bond donors (Lipinski definition) is 0. The lowest BCUT2D eigenvalue weighted by Gasteiger charge is -2.39. The molecule has 0 aliphatic heterocycles. The minimum absolute atomic E-state index is 0.997. The van der Waals surface area contributed by atoms with Gasteiger partial charge in [0.15, 0.2) is 0 Å². The molecule has 98 valence electrons. The van der Waals surface area contributed by atoms with E-state index in [2.05, 4.69) is 13.8 Å². The molecule has 3 rings (SSSR count). The molecule has 0 nitrogen and oxygen atoms in total. The molecule has 0 spiro atoms. The molecular formula is C17H30. The third kappa shape index (κ3) is 2.17. The fraction of sp³-hybridized carbons (Fsp3) is 1.00. The quantitative estimate of drug-likeness (QED) is 0.623. The van der Waals surface area contributed by atoms with Gasteiger partial charge in [-0.05, 0) is 54.8 Å². The van der Waals surface area contributed by atoms with Gasteiger partial charge in [-0.15, -0.1) is 0 Å². The average Bonchev–Trinajstić information content (AvgIpc) is 2.98. The molecule has 2 bridgehead atoms. The zero-order chi connectivity index (χ0) is 11.8. The van der Waals surface area contributed by atoms with Crippen LogP contribution < -0.4 is 0 Å². The molecule has 3 aliphatic carbocycles. The van der Waals surface area contributed by atoms with Crippen LogP contribution in [-0.2, 0) is 0 Å². The van der Waals surface area contributed by atoms with Gasteiger partial charge in [-0.3, -0.25) is 0 Å². The Labute approximate surface area is 108 Å². The monoisotopic (exact) mass is 234 g/mol. The maximum absolute atomic E-state index is 2.52. The van der Waals surface area contributed by atoms with Gasteiger partial charge in [-0.2, -0.15) is 0 Å². The van der Waals surface area contributed by atoms with E-state index in [9.17, 15) is 0 Å². The standard InChI is InChI=1S/C17H30/c1-3-12(2)15-9-13-10-16(17(15)11-13)14-7-5-4-6-8-14/h12-17H,3-11H2,1-2H3. The van der Waals surface area contributed by atoms with Crippen molar-refractivity contribution in [2.24, 2.45) is 35.5 Å². The number of fused-ring (bicyclic) bond motifs is 2. The minimum Gasteiger partial charge on any atom is -0.0651 e. The highest BCUT2D eigenvalue weighted by atomic mass is 14.5. The van der Waals surface area contributed by atoms with Crippen molar-refractivity contribution in [1.82, 2.24) is 0 Å². The number of hydrogen-bond acceptors (Lipinski definition) is 0. The van der Waals surface area contributed by atoms with E-state index in [1.165, 1.54) is 25.7 Å². The average molecular weight is 234 g/mol. The normalized spacial score (nSPS) is 44.1. The largest absolute Gasteiger partial charge is 0.0651 e. The van der Waals surface area contributed by atoms with Crippen LogP contribution in [0.1, 0.15) is 71.6 Å². The van der Waals surface area contributed by atoms with Crippen molar-refractivity contribution in [2.45, 2.75) is 71.6 Å². The number of rotatable bonds is 3. The fourth-order valence-corrected chi connectivity index (χ4v) is 5.52. The van der Waals surface area contributed by atoms with E-state index in [1.807, 2.05) is 0 Å². The molecule has 5 atom stereocenters. The summed E-state index contributed by atoms with van der Waals surface area (Å²) < 4.78 is 0. The molecule has 0 heteroatoms. The summed E-state index contributed by atoms with van der Waals surface area (Å²) in [5.41, 5.74) is 0. The summed E-state index contributed by atoms with van der Waals surface area (Å²) in [5.74, 6) is 6.64. The van der Waals surface area contributed by atoms with Crippen molar-refractivity contribution in [3.63, 3.8) is 0 Å². The Hall–Kier alpha value is 0. The van der Waals surface area contributed by atoms with Gasteiger partial charge in [0, 0.05) is 0 Å². The molecule has 0 radical (unpaired) electrons. The minimum atomic E-state index is 0.997. The van der Waals surface area contributed by atoms with E-state index in [4.69, 9.17) is 0 Å². The highest BCUT2D eigenvalue weighted by Crippen LogP contribution is 2.58. The Morgan fingerprint density at radius 3 is 2.29 bits per heavy atom. The van der Waals surface area contributed by atoms with Crippen LogP contribution >= 0.6 is 0 Å². The second-order valence-electron chi connectivity index (χ2n) is 7.35. The van der Waals surface area contributed by atoms with E-state index >= 15 is 0 Å². The van der Waals surface area contributed by atoms with Crippen LogP contribution in [0.15, 0.2) is 0 Å². The lowest BCUT2D eigenvalue weighted by Crippen LogP contribution is -2.30. The lowest BCUT2D eigenvalue weighted by molar-refractivity contribution is 0.108. The summed E-state index contributed by atoms with van der Waals surface area (Å²) in [6.07, 6.45) is 13.9. The van der Waals surface area contributed by atoms with Gasteiger partial charge >= 0.3 is 0 Å². The van der Waals surface area contributed by atoms with E-state index in [-0.39, 0.29) is 0 Å². The Kier molecular flexibility index (Phi) is 3.50. The van der Waals surface area contributed by atoms with Gasteiger partial charge < -0.3 is 0 Å². The van der Waals surface area contributed by atoms with Crippen molar-refractivity contribution < 1.29 is 0 Å². The van der Waals surface area contributed by atoms with Gasteiger partial charge in [0.05, 0.1) is 0 Å². The van der Waals surface area contributed by atoms with Crippen LogP contribution in [0.25, 0.3) is 0 Å². The molecule has 0 amide bonds. The first-order chi connectivity index (χ1) is 8.29. The van der Waals surface area contributed by atoms with Crippen LogP contribution in [-0.4, -0.2) is 0 Å². The zero-order valence-corrected chi connectivity index (χ0v) is 11.8. The Morgan fingerprint density at radius 1 is 0.941 bits per heavy atom. The van der Waals surface area contributed by atoms with Gasteiger partial charge in [0.25, 0.3) is 0 Å². The SMILES string of the molecule is CCC(C)C1CC2CC(C3CCCCC3)C1C2. The molecule has 0 heterocycles. The second kappa shape index (κ2) is 4.94. The topological polar surface area (TPSA) is 0 Å². The summed E-state index contributed by atoms with van der Waals surface area (Å²) in [7, 11) is 0. The summed E-state index contributed by atoms with van der Waals surface area (Å²) in [4.78, 5) is 0. The summed E-state index contributed by atoms with van der Waals surface area (Å²) in [6.45, 7) is 4.91. The fourth-order valence-electron chi connectivity index (χ4n) is 5.52.